The summed E-state index contributed by atoms with van der Waals surface area (Å²) in [6, 6.07) is 16.6. The average Bonchev–Trinajstić information content (AvgIpc) is 3.29. The molecule has 1 saturated heterocycles. The third kappa shape index (κ3) is 8.91. The van der Waals surface area contributed by atoms with Gasteiger partial charge in [-0.1, -0.05) is 24.3 Å². The summed E-state index contributed by atoms with van der Waals surface area (Å²) in [4.78, 5) is 6.42. The van der Waals surface area contributed by atoms with Crippen LogP contribution in [0, 0.1) is 0 Å². The highest BCUT2D eigenvalue weighted by atomic mass is 19.5. The predicted molar refractivity (Wildman–Crippen MR) is 145 cm³/mol. The van der Waals surface area contributed by atoms with E-state index in [1.165, 1.54) is 0 Å². The lowest BCUT2D eigenvalue weighted by atomic mass is 10.2. The summed E-state index contributed by atoms with van der Waals surface area (Å²) in [6.07, 6.45) is 7.61. The Hall–Kier alpha value is -3.87. The fraction of sp³-hybridized carbons (Fsp3) is 0.320. The minimum absolute atomic E-state index is 0.691. The van der Waals surface area contributed by atoms with E-state index in [9.17, 15) is 17.3 Å². The molecular formula is C25H32BF4N7O. The Morgan fingerprint density at radius 3 is 1.76 bits per heavy atom. The largest absolute Gasteiger partial charge is 0.673 e. The third-order valence-electron chi connectivity index (χ3n) is 5.53. The number of anilines is 3. The number of benzene rings is 2. The molecule has 2 heterocycles. The quantitative estimate of drug-likeness (QED) is 0.201. The summed E-state index contributed by atoms with van der Waals surface area (Å²) in [5, 5.41) is 9.46. The van der Waals surface area contributed by atoms with Gasteiger partial charge in [0, 0.05) is 39.6 Å². The van der Waals surface area contributed by atoms with Gasteiger partial charge in [0.25, 0.3) is 0 Å². The fourth-order valence-corrected chi connectivity index (χ4v) is 3.57. The Labute approximate surface area is 220 Å². The van der Waals surface area contributed by atoms with Crippen molar-refractivity contribution in [3.05, 3.63) is 72.1 Å². The fourth-order valence-electron chi connectivity index (χ4n) is 3.57. The van der Waals surface area contributed by atoms with E-state index in [2.05, 4.69) is 63.2 Å². The van der Waals surface area contributed by atoms with Gasteiger partial charge in [-0.3, -0.25) is 4.90 Å². The number of morpholine rings is 1. The number of nitrogens with zero attached hydrogens (tertiary/aromatic N) is 7. The van der Waals surface area contributed by atoms with Crippen molar-refractivity contribution in [2.75, 3.05) is 69.2 Å². The zero-order valence-electron chi connectivity index (χ0n) is 21.9. The normalized spacial score (nSPS) is 14.1. The molecule has 0 aliphatic carbocycles. The zero-order valence-corrected chi connectivity index (χ0v) is 21.9. The van der Waals surface area contributed by atoms with Crippen LogP contribution in [0.5, 0.6) is 0 Å². The van der Waals surface area contributed by atoms with Gasteiger partial charge in [0.1, 0.15) is 12.4 Å². The average molecular weight is 533 g/mol. The van der Waals surface area contributed by atoms with Crippen LogP contribution in [0.4, 0.5) is 34.6 Å². The molecule has 3 aromatic rings. The summed E-state index contributed by atoms with van der Waals surface area (Å²) in [5.41, 5.74) is 4.40. The maximum absolute atomic E-state index is 9.75. The van der Waals surface area contributed by atoms with Crippen molar-refractivity contribution >= 4 is 37.0 Å². The van der Waals surface area contributed by atoms with Gasteiger partial charge in [-0.25, -0.2) is 0 Å². The molecule has 0 atom stereocenters. The van der Waals surface area contributed by atoms with Gasteiger partial charge in [0.05, 0.1) is 38.7 Å². The van der Waals surface area contributed by atoms with Gasteiger partial charge in [-0.15, -0.1) is 19.6 Å². The summed E-state index contributed by atoms with van der Waals surface area (Å²) >= 11 is 0. The number of hydrogen-bond donors (Lipinski definition) is 0. The Kier molecular flexibility index (Phi) is 9.88. The Morgan fingerprint density at radius 1 is 0.816 bits per heavy atom. The molecule has 2 aromatic carbocycles. The third-order valence-corrected chi connectivity index (χ3v) is 5.53. The number of ether oxygens (including phenoxy) is 1. The van der Waals surface area contributed by atoms with Crippen LogP contribution >= 0.6 is 0 Å². The van der Waals surface area contributed by atoms with Gasteiger partial charge in [-0.05, 0) is 35.4 Å². The van der Waals surface area contributed by atoms with Crippen molar-refractivity contribution in [1.82, 2.24) is 4.68 Å². The van der Waals surface area contributed by atoms with Gasteiger partial charge in [-0.2, -0.15) is 0 Å². The smallest absolute Gasteiger partial charge is 0.418 e. The van der Waals surface area contributed by atoms with Gasteiger partial charge in [0.2, 0.25) is 0 Å². The lowest BCUT2D eigenvalue weighted by Gasteiger charge is -2.22. The van der Waals surface area contributed by atoms with Crippen LogP contribution in [-0.2, 0) is 4.74 Å². The maximum Gasteiger partial charge on any atom is 0.673 e. The Morgan fingerprint density at radius 2 is 1.29 bits per heavy atom. The molecule has 38 heavy (non-hydrogen) atoms. The molecule has 8 nitrogen and oxygen atoms in total. The molecule has 0 saturated carbocycles. The number of hydrogen-bond acceptors (Lipinski definition) is 6. The monoisotopic (exact) mass is 533 g/mol. The van der Waals surface area contributed by atoms with Gasteiger partial charge < -0.3 is 31.8 Å². The van der Waals surface area contributed by atoms with Crippen molar-refractivity contribution in [3.8, 4) is 0 Å². The second-order valence-corrected chi connectivity index (χ2v) is 8.84. The molecule has 1 aromatic heterocycles. The highest BCUT2D eigenvalue weighted by Crippen LogP contribution is 2.15. The summed E-state index contributed by atoms with van der Waals surface area (Å²) < 4.78 is 48.3. The van der Waals surface area contributed by atoms with Gasteiger partial charge >= 0.3 is 13.2 Å². The molecule has 0 spiro atoms. The minimum atomic E-state index is -6.00. The van der Waals surface area contributed by atoms with E-state index in [-0.39, 0.29) is 0 Å². The molecule has 0 N–H and O–H groups in total. The summed E-state index contributed by atoms with van der Waals surface area (Å²) in [6.45, 7) is 2.97. The predicted octanol–water partition coefficient (Wildman–Crippen LogP) is 3.81. The molecule has 4 rings (SSSR count). The van der Waals surface area contributed by atoms with Gasteiger partial charge in [0.15, 0.2) is 0 Å². The highest BCUT2D eigenvalue weighted by molar-refractivity contribution is 6.50. The van der Waals surface area contributed by atoms with Crippen molar-refractivity contribution in [3.63, 3.8) is 0 Å². The van der Waals surface area contributed by atoms with Crippen molar-refractivity contribution < 1.29 is 26.7 Å². The highest BCUT2D eigenvalue weighted by Gasteiger charge is 2.27. The first kappa shape index (κ1) is 28.7. The lowest BCUT2D eigenvalue weighted by Crippen LogP contribution is -2.44. The molecule has 0 radical (unpaired) electrons. The lowest BCUT2D eigenvalue weighted by molar-refractivity contribution is -0.665. The van der Waals surface area contributed by atoms with Crippen LogP contribution in [0.15, 0.2) is 71.1 Å². The zero-order chi connectivity index (χ0) is 27.7. The van der Waals surface area contributed by atoms with Crippen LogP contribution in [0.2, 0.25) is 0 Å². The first-order valence-corrected chi connectivity index (χ1v) is 12.0. The van der Waals surface area contributed by atoms with E-state index in [4.69, 9.17) is 14.9 Å². The van der Waals surface area contributed by atoms with E-state index in [0.717, 1.165) is 41.5 Å². The van der Waals surface area contributed by atoms with Crippen LogP contribution < -0.4 is 19.4 Å². The van der Waals surface area contributed by atoms with Crippen LogP contribution in [-0.4, -0.2) is 78.9 Å². The van der Waals surface area contributed by atoms with Crippen LogP contribution in [0.3, 0.4) is 0 Å². The number of halogens is 4. The van der Waals surface area contributed by atoms with Crippen LogP contribution in [0.25, 0.3) is 0 Å². The SMILES string of the molecule is CN(C)c1ccc(/C=N/n2cc[n+](/N=C/c3ccc(N(C)C)cc3)c2N2CCOCC2)cc1.F[B-](F)(F)F. The Balaban J connectivity index is 0.000000732. The molecule has 0 bridgehead atoms. The van der Waals surface area contributed by atoms with E-state index < -0.39 is 7.25 Å². The number of imidazole rings is 1. The van der Waals surface area contributed by atoms with Crippen molar-refractivity contribution in [1.29, 1.82) is 0 Å². The topological polar surface area (TPSA) is 52.5 Å². The molecule has 0 unspecified atom stereocenters. The maximum atomic E-state index is 9.75. The number of aromatic nitrogens is 2. The molecule has 0 amide bonds. The summed E-state index contributed by atoms with van der Waals surface area (Å²) in [7, 11) is 2.14. The molecule has 1 aliphatic heterocycles. The molecule has 1 aliphatic rings. The van der Waals surface area contributed by atoms with E-state index in [0.29, 0.717) is 13.2 Å². The van der Waals surface area contributed by atoms with Crippen LogP contribution in [0.1, 0.15) is 11.1 Å². The first-order valence-electron chi connectivity index (χ1n) is 12.0. The molecule has 204 valence electrons. The Bertz CT molecular complexity index is 1120. The summed E-state index contributed by atoms with van der Waals surface area (Å²) in [5.74, 6) is 0.903. The van der Waals surface area contributed by atoms with E-state index >= 15 is 0 Å². The standard InChI is InChI=1S/C25H32N7O.BF4/c1-28(2)23-9-5-21(6-10-23)19-26-31-13-14-32(25(31)30-15-17-33-18-16-30)27-20-22-7-11-24(12-8-22)29(3)4;2-1(3,4)5/h5-14,19-20H,15-18H2,1-4H3;/q+1;-1/b26-19+,27-20+;. The second-order valence-electron chi connectivity index (χ2n) is 8.84. The van der Waals surface area contributed by atoms with E-state index in [1.807, 2.05) is 62.4 Å². The second kappa shape index (κ2) is 13.1. The van der Waals surface area contributed by atoms with Crippen molar-refractivity contribution in [2.45, 2.75) is 0 Å². The van der Waals surface area contributed by atoms with E-state index in [1.54, 1.807) is 0 Å². The molecule has 13 heteroatoms. The van der Waals surface area contributed by atoms with Crippen molar-refractivity contribution in [2.24, 2.45) is 10.2 Å². The molecular weight excluding hydrogens is 501 g/mol. The first-order chi connectivity index (χ1) is 18.0. The molecule has 1 fully saturated rings. The minimum Gasteiger partial charge on any atom is -0.418 e. The number of rotatable bonds is 7.